The molecule has 0 saturated heterocycles. The van der Waals surface area contributed by atoms with Crippen molar-refractivity contribution in [3.05, 3.63) is 58.7 Å². The Morgan fingerprint density at radius 2 is 1.86 bits per heavy atom. The van der Waals surface area contributed by atoms with Crippen LogP contribution in [0.15, 0.2) is 42.7 Å². The highest BCUT2D eigenvalue weighted by Crippen LogP contribution is 2.36. The van der Waals surface area contributed by atoms with E-state index in [-0.39, 0.29) is 6.79 Å². The van der Waals surface area contributed by atoms with Crippen molar-refractivity contribution in [1.82, 2.24) is 15.0 Å². The third-order valence-corrected chi connectivity index (χ3v) is 5.97. The van der Waals surface area contributed by atoms with E-state index in [9.17, 15) is 0 Å². The quantitative estimate of drug-likeness (QED) is 0.544. The van der Waals surface area contributed by atoms with E-state index in [4.69, 9.17) is 19.4 Å². The second-order valence-electron chi connectivity index (χ2n) is 6.64. The van der Waals surface area contributed by atoms with Crippen molar-refractivity contribution in [3.8, 4) is 22.9 Å². The molecule has 7 heteroatoms. The van der Waals surface area contributed by atoms with Crippen molar-refractivity contribution in [3.63, 3.8) is 0 Å². The number of rotatable bonds is 4. The van der Waals surface area contributed by atoms with E-state index in [1.165, 1.54) is 10.4 Å². The first-order valence-electron chi connectivity index (χ1n) is 8.99. The molecule has 140 valence electrons. The third kappa shape index (κ3) is 2.93. The second-order valence-corrected chi connectivity index (χ2v) is 7.84. The van der Waals surface area contributed by atoms with E-state index in [1.807, 2.05) is 30.3 Å². The first-order chi connectivity index (χ1) is 13.7. The number of benzene rings is 1. The van der Waals surface area contributed by atoms with Crippen LogP contribution in [0.5, 0.6) is 11.5 Å². The summed E-state index contributed by atoms with van der Waals surface area (Å²) in [5, 5.41) is 4.59. The Kier molecular flexibility index (Phi) is 4.09. The highest BCUT2D eigenvalue weighted by atomic mass is 32.1. The zero-order valence-corrected chi connectivity index (χ0v) is 16.3. The summed E-state index contributed by atoms with van der Waals surface area (Å²) in [6.07, 6.45) is 3.51. The van der Waals surface area contributed by atoms with Gasteiger partial charge in [-0.1, -0.05) is 6.07 Å². The lowest BCUT2D eigenvalue weighted by molar-refractivity contribution is 0.174. The number of thiophene rings is 1. The van der Waals surface area contributed by atoms with Crippen LogP contribution in [0.2, 0.25) is 0 Å². The highest BCUT2D eigenvalue weighted by molar-refractivity contribution is 7.18. The molecule has 5 rings (SSSR count). The van der Waals surface area contributed by atoms with Gasteiger partial charge in [-0.15, -0.1) is 11.3 Å². The van der Waals surface area contributed by atoms with Crippen LogP contribution in [0.4, 0.5) is 5.82 Å². The van der Waals surface area contributed by atoms with Crippen LogP contribution in [0.1, 0.15) is 16.0 Å². The normalized spacial score (nSPS) is 12.5. The van der Waals surface area contributed by atoms with Gasteiger partial charge < -0.3 is 14.8 Å². The lowest BCUT2D eigenvalue weighted by atomic mass is 10.1. The summed E-state index contributed by atoms with van der Waals surface area (Å²) in [6.45, 7) is 5.15. The van der Waals surface area contributed by atoms with Gasteiger partial charge in [0.05, 0.1) is 5.39 Å². The zero-order chi connectivity index (χ0) is 19.1. The van der Waals surface area contributed by atoms with Gasteiger partial charge in [-0.25, -0.2) is 9.97 Å². The Morgan fingerprint density at radius 1 is 1.04 bits per heavy atom. The van der Waals surface area contributed by atoms with Crippen molar-refractivity contribution in [2.45, 2.75) is 20.4 Å². The van der Waals surface area contributed by atoms with E-state index in [1.54, 1.807) is 23.7 Å². The van der Waals surface area contributed by atoms with Gasteiger partial charge in [-0.2, -0.15) is 0 Å². The predicted octanol–water partition coefficient (Wildman–Crippen LogP) is 4.71. The summed E-state index contributed by atoms with van der Waals surface area (Å²) in [5.74, 6) is 3.12. The topological polar surface area (TPSA) is 69.2 Å². The molecule has 1 aliphatic heterocycles. The monoisotopic (exact) mass is 390 g/mol. The maximum Gasteiger partial charge on any atom is 0.231 e. The van der Waals surface area contributed by atoms with Crippen LogP contribution in [0, 0.1) is 13.8 Å². The number of anilines is 1. The summed E-state index contributed by atoms with van der Waals surface area (Å²) >= 11 is 1.70. The first kappa shape index (κ1) is 16.9. The van der Waals surface area contributed by atoms with Crippen molar-refractivity contribution < 1.29 is 9.47 Å². The van der Waals surface area contributed by atoms with Gasteiger partial charge in [0.25, 0.3) is 0 Å². The standard InChI is InChI=1S/C21H18N4O2S/c1-12-13(2)28-21-18(12)20(24-19(25-21)15-5-7-22-8-6-15)23-10-14-3-4-16-17(9-14)27-11-26-16/h3-9H,10-11H2,1-2H3,(H,23,24,25). The fourth-order valence-electron chi connectivity index (χ4n) is 3.24. The molecule has 0 spiro atoms. The molecule has 4 aromatic rings. The second kappa shape index (κ2) is 6.76. The van der Waals surface area contributed by atoms with E-state index in [0.717, 1.165) is 38.7 Å². The minimum atomic E-state index is 0.279. The number of pyridine rings is 1. The fourth-order valence-corrected chi connectivity index (χ4v) is 4.27. The average molecular weight is 390 g/mol. The zero-order valence-electron chi connectivity index (χ0n) is 15.5. The van der Waals surface area contributed by atoms with E-state index >= 15 is 0 Å². The molecular formula is C21H18N4O2S. The van der Waals surface area contributed by atoms with E-state index in [0.29, 0.717) is 12.4 Å². The molecular weight excluding hydrogens is 372 g/mol. The minimum absolute atomic E-state index is 0.279. The fraction of sp³-hybridized carbons (Fsp3) is 0.190. The number of hydrogen-bond donors (Lipinski definition) is 1. The van der Waals surface area contributed by atoms with Crippen LogP contribution in [0.25, 0.3) is 21.6 Å². The third-order valence-electron chi connectivity index (χ3n) is 4.86. The first-order valence-corrected chi connectivity index (χ1v) is 9.81. The Morgan fingerprint density at radius 3 is 2.71 bits per heavy atom. The molecule has 0 fully saturated rings. The smallest absolute Gasteiger partial charge is 0.231 e. The molecule has 0 saturated carbocycles. The summed E-state index contributed by atoms with van der Waals surface area (Å²) < 4.78 is 10.9. The molecule has 0 bridgehead atoms. The molecule has 3 aromatic heterocycles. The van der Waals surface area contributed by atoms with Gasteiger partial charge in [0.2, 0.25) is 6.79 Å². The summed E-state index contributed by atoms with van der Waals surface area (Å²) in [4.78, 5) is 16.0. The Bertz CT molecular complexity index is 1170. The van der Waals surface area contributed by atoms with E-state index < -0.39 is 0 Å². The number of nitrogens with one attached hydrogen (secondary N) is 1. The lowest BCUT2D eigenvalue weighted by Crippen LogP contribution is -2.04. The Balaban J connectivity index is 1.53. The van der Waals surface area contributed by atoms with Crippen LogP contribution < -0.4 is 14.8 Å². The van der Waals surface area contributed by atoms with Gasteiger partial charge in [-0.3, -0.25) is 4.98 Å². The molecule has 1 aromatic carbocycles. The van der Waals surface area contributed by atoms with Gasteiger partial charge in [0.1, 0.15) is 10.6 Å². The Hall–Kier alpha value is -3.19. The number of fused-ring (bicyclic) bond motifs is 2. The SMILES string of the molecule is Cc1sc2nc(-c3ccncc3)nc(NCc3ccc4c(c3)OCO4)c2c1C. The van der Waals surface area contributed by atoms with Crippen molar-refractivity contribution in [2.75, 3.05) is 12.1 Å². The molecule has 4 heterocycles. The van der Waals surface area contributed by atoms with Crippen molar-refractivity contribution in [1.29, 1.82) is 0 Å². The number of nitrogens with zero attached hydrogens (tertiary/aromatic N) is 3. The van der Waals surface area contributed by atoms with Crippen molar-refractivity contribution >= 4 is 27.4 Å². The molecule has 0 atom stereocenters. The summed E-state index contributed by atoms with van der Waals surface area (Å²) in [6, 6.07) is 9.83. The molecule has 1 aliphatic rings. The average Bonchev–Trinajstić information content (AvgIpc) is 3.30. The van der Waals surface area contributed by atoms with Gasteiger partial charge in [0, 0.05) is 29.4 Å². The van der Waals surface area contributed by atoms with E-state index in [2.05, 4.69) is 24.1 Å². The number of aryl methyl sites for hydroxylation is 2. The maximum absolute atomic E-state index is 5.48. The summed E-state index contributed by atoms with van der Waals surface area (Å²) in [7, 11) is 0. The van der Waals surface area contributed by atoms with Gasteiger partial charge in [0.15, 0.2) is 17.3 Å². The molecule has 0 radical (unpaired) electrons. The van der Waals surface area contributed by atoms with Gasteiger partial charge >= 0.3 is 0 Å². The van der Waals surface area contributed by atoms with Gasteiger partial charge in [-0.05, 0) is 49.2 Å². The van der Waals surface area contributed by atoms with Crippen LogP contribution in [-0.4, -0.2) is 21.7 Å². The molecule has 6 nitrogen and oxygen atoms in total. The lowest BCUT2D eigenvalue weighted by Gasteiger charge is -2.10. The van der Waals surface area contributed by atoms with Crippen molar-refractivity contribution in [2.24, 2.45) is 0 Å². The van der Waals surface area contributed by atoms with Crippen LogP contribution in [-0.2, 0) is 6.54 Å². The number of ether oxygens (including phenoxy) is 2. The molecule has 0 amide bonds. The molecule has 1 N–H and O–H groups in total. The summed E-state index contributed by atoms with van der Waals surface area (Å²) in [5.41, 5.74) is 3.27. The van der Waals surface area contributed by atoms with Crippen LogP contribution in [0.3, 0.4) is 0 Å². The predicted molar refractivity (Wildman–Crippen MR) is 110 cm³/mol. The molecule has 0 unspecified atom stereocenters. The highest BCUT2D eigenvalue weighted by Gasteiger charge is 2.17. The molecule has 28 heavy (non-hydrogen) atoms. The number of hydrogen-bond acceptors (Lipinski definition) is 7. The minimum Gasteiger partial charge on any atom is -0.454 e. The largest absolute Gasteiger partial charge is 0.454 e. The maximum atomic E-state index is 5.48. The number of aromatic nitrogens is 3. The van der Waals surface area contributed by atoms with Crippen LogP contribution >= 0.6 is 11.3 Å². The Labute approximate surface area is 166 Å². The molecule has 0 aliphatic carbocycles.